The number of hydrogen-bond acceptors (Lipinski definition) is 2. The summed E-state index contributed by atoms with van der Waals surface area (Å²) in [5.74, 6) is 5.08. The standard InChI is InChI=1S/C10H17NO2/c1-3-4-5-8-11(2)9-6-7-10(12)13/h5-9H2,1-2H3,(H,12,13). The lowest BCUT2D eigenvalue weighted by molar-refractivity contribution is -0.137. The summed E-state index contributed by atoms with van der Waals surface area (Å²) >= 11 is 0. The molecule has 0 amide bonds. The van der Waals surface area contributed by atoms with Crippen molar-refractivity contribution < 1.29 is 9.90 Å². The van der Waals surface area contributed by atoms with Crippen molar-refractivity contribution in [3.05, 3.63) is 0 Å². The average molecular weight is 183 g/mol. The molecule has 3 heteroatoms. The first-order chi connectivity index (χ1) is 6.16. The van der Waals surface area contributed by atoms with Crippen LogP contribution in [0.25, 0.3) is 0 Å². The lowest BCUT2D eigenvalue weighted by Gasteiger charge is -2.13. The van der Waals surface area contributed by atoms with Gasteiger partial charge in [-0.2, -0.15) is 0 Å². The molecular weight excluding hydrogens is 166 g/mol. The molecule has 0 fully saturated rings. The summed E-state index contributed by atoms with van der Waals surface area (Å²) in [5, 5.41) is 8.40. The predicted molar refractivity (Wildman–Crippen MR) is 52.4 cm³/mol. The fourth-order valence-corrected chi connectivity index (χ4v) is 0.984. The fourth-order valence-electron chi connectivity index (χ4n) is 0.984. The van der Waals surface area contributed by atoms with Crippen LogP contribution in [0.4, 0.5) is 0 Å². The highest BCUT2D eigenvalue weighted by molar-refractivity contribution is 5.66. The molecule has 0 spiro atoms. The highest BCUT2D eigenvalue weighted by Crippen LogP contribution is 1.93. The zero-order valence-electron chi connectivity index (χ0n) is 8.34. The van der Waals surface area contributed by atoms with E-state index in [0.717, 1.165) is 19.5 Å². The molecule has 74 valence electrons. The van der Waals surface area contributed by atoms with Gasteiger partial charge in [0.1, 0.15) is 0 Å². The van der Waals surface area contributed by atoms with Crippen molar-refractivity contribution in [1.29, 1.82) is 0 Å². The molecule has 0 aliphatic heterocycles. The number of carbonyl (C=O) groups is 1. The van der Waals surface area contributed by atoms with Gasteiger partial charge in [-0.05, 0) is 26.9 Å². The summed E-state index contributed by atoms with van der Waals surface area (Å²) < 4.78 is 0. The van der Waals surface area contributed by atoms with Gasteiger partial charge in [-0.1, -0.05) is 0 Å². The van der Waals surface area contributed by atoms with Crippen molar-refractivity contribution in [2.75, 3.05) is 20.1 Å². The Balaban J connectivity index is 3.33. The van der Waals surface area contributed by atoms with E-state index in [2.05, 4.69) is 16.7 Å². The summed E-state index contributed by atoms with van der Waals surface area (Å²) in [6.45, 7) is 3.57. The monoisotopic (exact) mass is 183 g/mol. The second-order valence-corrected chi connectivity index (χ2v) is 2.98. The first-order valence-electron chi connectivity index (χ1n) is 4.46. The molecule has 0 heterocycles. The Bertz CT molecular complexity index is 203. The molecule has 0 aromatic carbocycles. The number of hydrogen-bond donors (Lipinski definition) is 1. The maximum atomic E-state index is 10.2. The molecule has 0 bridgehead atoms. The summed E-state index contributed by atoms with van der Waals surface area (Å²) in [4.78, 5) is 12.3. The topological polar surface area (TPSA) is 40.5 Å². The van der Waals surface area contributed by atoms with Gasteiger partial charge in [-0.15, -0.1) is 11.8 Å². The van der Waals surface area contributed by atoms with Crippen molar-refractivity contribution in [3.63, 3.8) is 0 Å². The molecule has 0 unspecified atom stereocenters. The molecule has 0 aliphatic carbocycles. The van der Waals surface area contributed by atoms with Gasteiger partial charge in [-0.3, -0.25) is 4.79 Å². The molecule has 0 saturated carbocycles. The van der Waals surface area contributed by atoms with Crippen molar-refractivity contribution in [3.8, 4) is 11.8 Å². The second kappa shape index (κ2) is 7.63. The van der Waals surface area contributed by atoms with Crippen LogP contribution in [-0.4, -0.2) is 36.1 Å². The van der Waals surface area contributed by atoms with Gasteiger partial charge in [-0.25, -0.2) is 0 Å². The van der Waals surface area contributed by atoms with E-state index in [9.17, 15) is 4.79 Å². The van der Waals surface area contributed by atoms with E-state index in [0.29, 0.717) is 6.42 Å². The molecule has 0 atom stereocenters. The number of aliphatic carboxylic acids is 1. The van der Waals surface area contributed by atoms with Gasteiger partial charge < -0.3 is 10.0 Å². The van der Waals surface area contributed by atoms with E-state index in [1.54, 1.807) is 0 Å². The molecule has 0 aromatic heterocycles. The maximum absolute atomic E-state index is 10.2. The molecule has 0 aliphatic rings. The minimum absolute atomic E-state index is 0.254. The third-order valence-electron chi connectivity index (χ3n) is 1.73. The predicted octanol–water partition coefficient (Wildman–Crippen LogP) is 1.20. The van der Waals surface area contributed by atoms with E-state index in [4.69, 9.17) is 5.11 Å². The smallest absolute Gasteiger partial charge is 0.303 e. The summed E-state index contributed by atoms with van der Waals surface area (Å²) in [7, 11) is 1.99. The lowest BCUT2D eigenvalue weighted by atomic mass is 10.3. The van der Waals surface area contributed by atoms with E-state index in [1.807, 2.05) is 14.0 Å². The van der Waals surface area contributed by atoms with Crippen LogP contribution >= 0.6 is 0 Å². The molecular formula is C10H17NO2. The van der Waals surface area contributed by atoms with Crippen LogP contribution in [0.3, 0.4) is 0 Å². The van der Waals surface area contributed by atoms with Gasteiger partial charge in [0.25, 0.3) is 0 Å². The Labute approximate surface area is 79.7 Å². The van der Waals surface area contributed by atoms with Gasteiger partial charge in [0, 0.05) is 19.4 Å². The second-order valence-electron chi connectivity index (χ2n) is 2.98. The Hall–Kier alpha value is -1.01. The molecule has 0 saturated heterocycles. The zero-order valence-corrected chi connectivity index (χ0v) is 8.34. The van der Waals surface area contributed by atoms with Crippen LogP contribution in [0.15, 0.2) is 0 Å². The minimum atomic E-state index is -0.721. The van der Waals surface area contributed by atoms with Crippen LogP contribution in [-0.2, 0) is 4.79 Å². The Morgan fingerprint density at radius 2 is 2.15 bits per heavy atom. The van der Waals surface area contributed by atoms with Crippen LogP contribution in [0, 0.1) is 11.8 Å². The molecule has 0 rings (SSSR count). The van der Waals surface area contributed by atoms with Crippen LogP contribution < -0.4 is 0 Å². The van der Waals surface area contributed by atoms with E-state index < -0.39 is 5.97 Å². The van der Waals surface area contributed by atoms with Gasteiger partial charge >= 0.3 is 5.97 Å². The maximum Gasteiger partial charge on any atom is 0.303 e. The summed E-state index contributed by atoms with van der Waals surface area (Å²) in [6, 6.07) is 0. The first-order valence-corrected chi connectivity index (χ1v) is 4.46. The fraction of sp³-hybridized carbons (Fsp3) is 0.700. The van der Waals surface area contributed by atoms with Crippen molar-refractivity contribution >= 4 is 5.97 Å². The van der Waals surface area contributed by atoms with Gasteiger partial charge in [0.05, 0.1) is 0 Å². The zero-order chi connectivity index (χ0) is 10.1. The summed E-state index contributed by atoms with van der Waals surface area (Å²) in [6.07, 6.45) is 1.83. The number of nitrogens with zero attached hydrogens (tertiary/aromatic N) is 1. The van der Waals surface area contributed by atoms with Crippen LogP contribution in [0.2, 0.25) is 0 Å². The van der Waals surface area contributed by atoms with Crippen molar-refractivity contribution in [2.24, 2.45) is 0 Å². The Morgan fingerprint density at radius 1 is 1.46 bits per heavy atom. The third kappa shape index (κ3) is 8.90. The summed E-state index contributed by atoms with van der Waals surface area (Å²) in [5.41, 5.74) is 0. The largest absolute Gasteiger partial charge is 0.481 e. The third-order valence-corrected chi connectivity index (χ3v) is 1.73. The lowest BCUT2D eigenvalue weighted by Crippen LogP contribution is -2.21. The number of carboxylic acid groups (broad SMARTS) is 1. The Kier molecular flexibility index (Phi) is 7.04. The molecule has 0 aromatic rings. The first kappa shape index (κ1) is 12.0. The Morgan fingerprint density at radius 3 is 2.69 bits per heavy atom. The normalized spacial score (nSPS) is 9.46. The number of rotatable bonds is 6. The van der Waals surface area contributed by atoms with E-state index in [-0.39, 0.29) is 6.42 Å². The number of carboxylic acids is 1. The van der Waals surface area contributed by atoms with E-state index >= 15 is 0 Å². The molecule has 13 heavy (non-hydrogen) atoms. The van der Waals surface area contributed by atoms with Gasteiger partial charge in [0.15, 0.2) is 0 Å². The van der Waals surface area contributed by atoms with Gasteiger partial charge in [0.2, 0.25) is 0 Å². The highest BCUT2D eigenvalue weighted by Gasteiger charge is 1.99. The minimum Gasteiger partial charge on any atom is -0.481 e. The SMILES string of the molecule is CC#CCCN(C)CCCC(=O)O. The molecule has 0 radical (unpaired) electrons. The van der Waals surface area contributed by atoms with Crippen molar-refractivity contribution in [2.45, 2.75) is 26.2 Å². The van der Waals surface area contributed by atoms with E-state index in [1.165, 1.54) is 0 Å². The molecule has 1 N–H and O–H groups in total. The van der Waals surface area contributed by atoms with Crippen LogP contribution in [0.1, 0.15) is 26.2 Å². The van der Waals surface area contributed by atoms with Crippen LogP contribution in [0.5, 0.6) is 0 Å². The molecule has 3 nitrogen and oxygen atoms in total. The average Bonchev–Trinajstić information content (AvgIpc) is 2.04. The highest BCUT2D eigenvalue weighted by atomic mass is 16.4. The van der Waals surface area contributed by atoms with Crippen molar-refractivity contribution in [1.82, 2.24) is 4.90 Å². The quantitative estimate of drug-likeness (QED) is 0.629.